The highest BCUT2D eigenvalue weighted by molar-refractivity contribution is 7.48. The van der Waals surface area contributed by atoms with Crippen LogP contribution in [0.15, 0.2) is 36.3 Å². The third-order valence-corrected chi connectivity index (χ3v) is 5.70. The van der Waals surface area contributed by atoms with Crippen LogP contribution in [0, 0.1) is 17.1 Å². The number of phosphoric ester groups is 1. The Bertz CT molecular complexity index is 1030. The van der Waals surface area contributed by atoms with E-state index in [0.717, 1.165) is 10.8 Å². The van der Waals surface area contributed by atoms with E-state index >= 15 is 0 Å². The van der Waals surface area contributed by atoms with E-state index in [1.54, 1.807) is 0 Å². The molecule has 4 atom stereocenters. The van der Waals surface area contributed by atoms with Gasteiger partial charge in [0.2, 0.25) is 0 Å². The highest BCUT2D eigenvalue weighted by Crippen LogP contribution is 2.53. The van der Waals surface area contributed by atoms with Gasteiger partial charge >= 0.3 is 19.6 Å². The number of phosphoric acid groups is 1. The van der Waals surface area contributed by atoms with Crippen molar-refractivity contribution in [3.63, 3.8) is 0 Å². The molecule has 1 aromatic heterocycles. The fourth-order valence-corrected chi connectivity index (χ4v) is 4.12. The SMILES string of the molecule is C=CCOC(=O)Nc1nc(=O)n([C@H]2C[C@H](OP(=O)(OCC=C)OCCC#N)[C@@H](CO)O2)cc1F. The number of aromatic nitrogens is 2. The van der Waals surface area contributed by atoms with Gasteiger partial charge in [0.1, 0.15) is 25.0 Å². The van der Waals surface area contributed by atoms with Crippen LogP contribution in [0.5, 0.6) is 0 Å². The summed E-state index contributed by atoms with van der Waals surface area (Å²) in [5, 5.41) is 20.3. The van der Waals surface area contributed by atoms with Crippen LogP contribution >= 0.6 is 7.82 Å². The van der Waals surface area contributed by atoms with Crippen molar-refractivity contribution in [3.8, 4) is 6.07 Å². The highest BCUT2D eigenvalue weighted by Gasteiger charge is 2.43. The van der Waals surface area contributed by atoms with Gasteiger partial charge in [-0.05, 0) is 0 Å². The van der Waals surface area contributed by atoms with Gasteiger partial charge in [-0.2, -0.15) is 10.2 Å². The molecule has 1 aromatic rings. The number of ether oxygens (including phenoxy) is 2. The Morgan fingerprint density at radius 2 is 2.18 bits per heavy atom. The molecule has 1 fully saturated rings. The van der Waals surface area contributed by atoms with E-state index < -0.39 is 56.3 Å². The van der Waals surface area contributed by atoms with E-state index in [1.165, 1.54) is 12.2 Å². The molecule has 0 radical (unpaired) electrons. The third kappa shape index (κ3) is 7.56. The molecule has 0 aliphatic carbocycles. The number of rotatable bonds is 13. The number of halogens is 1. The lowest BCUT2D eigenvalue weighted by atomic mass is 10.2. The van der Waals surface area contributed by atoms with Gasteiger partial charge in [-0.3, -0.25) is 23.5 Å². The minimum absolute atomic E-state index is 0.0835. The van der Waals surface area contributed by atoms with Crippen LogP contribution < -0.4 is 11.0 Å². The van der Waals surface area contributed by atoms with Crippen LogP contribution in [0.1, 0.15) is 19.1 Å². The van der Waals surface area contributed by atoms with E-state index in [9.17, 15) is 23.7 Å². The van der Waals surface area contributed by atoms with Crippen molar-refractivity contribution in [2.24, 2.45) is 0 Å². The largest absolute Gasteiger partial charge is 0.475 e. The Kier molecular flexibility index (Phi) is 10.5. The number of amides is 1. The maximum atomic E-state index is 14.5. The molecule has 2 rings (SSSR count). The van der Waals surface area contributed by atoms with Gasteiger partial charge in [-0.25, -0.2) is 18.5 Å². The smallest absolute Gasteiger partial charge is 0.445 e. The minimum atomic E-state index is -4.20. The maximum Gasteiger partial charge on any atom is 0.475 e. The van der Waals surface area contributed by atoms with Gasteiger partial charge in [-0.1, -0.05) is 18.7 Å². The molecule has 0 bridgehead atoms. The number of aliphatic hydroxyl groups is 1. The maximum absolute atomic E-state index is 14.5. The van der Waals surface area contributed by atoms with Crippen LogP contribution in [0.25, 0.3) is 0 Å². The predicted octanol–water partition coefficient (Wildman–Crippen LogP) is 2.02. The molecule has 186 valence electrons. The number of nitrogens with zero attached hydrogens (tertiary/aromatic N) is 3. The van der Waals surface area contributed by atoms with Gasteiger partial charge in [-0.15, -0.1) is 6.58 Å². The van der Waals surface area contributed by atoms with Crippen molar-refractivity contribution in [1.29, 1.82) is 5.26 Å². The summed E-state index contributed by atoms with van der Waals surface area (Å²) in [4.78, 5) is 27.5. The van der Waals surface area contributed by atoms with Crippen LogP contribution in [0.4, 0.5) is 15.0 Å². The second-order valence-electron chi connectivity index (χ2n) is 6.60. The van der Waals surface area contributed by atoms with Crippen LogP contribution in [0.2, 0.25) is 0 Å². The summed E-state index contributed by atoms with van der Waals surface area (Å²) in [7, 11) is -4.20. The van der Waals surface area contributed by atoms with Crippen LogP contribution in [0.3, 0.4) is 0 Å². The molecular weight excluding hydrogens is 478 g/mol. The van der Waals surface area contributed by atoms with Gasteiger partial charge in [0.15, 0.2) is 11.6 Å². The van der Waals surface area contributed by atoms with Crippen molar-refractivity contribution >= 4 is 19.7 Å². The van der Waals surface area contributed by atoms with E-state index in [1.807, 2.05) is 11.4 Å². The monoisotopic (exact) mass is 502 g/mol. The molecule has 15 heteroatoms. The molecular formula is C19H24FN4O9P. The number of carbonyl (C=O) groups excluding carboxylic acids is 1. The molecule has 13 nitrogen and oxygen atoms in total. The Balaban J connectivity index is 2.18. The summed E-state index contributed by atoms with van der Waals surface area (Å²) in [6.45, 7) is 5.63. The van der Waals surface area contributed by atoms with Crippen molar-refractivity contribution < 1.29 is 41.9 Å². The molecule has 0 aromatic carbocycles. The molecule has 0 saturated carbocycles. The van der Waals surface area contributed by atoms with Crippen molar-refractivity contribution in [1.82, 2.24) is 9.55 Å². The zero-order valence-corrected chi connectivity index (χ0v) is 18.9. The first-order valence-corrected chi connectivity index (χ1v) is 11.4. The number of anilines is 1. The second kappa shape index (κ2) is 13.1. The first-order chi connectivity index (χ1) is 16.3. The quantitative estimate of drug-likeness (QED) is 0.230. The lowest BCUT2D eigenvalue weighted by molar-refractivity contribution is -0.0475. The van der Waals surface area contributed by atoms with Crippen molar-refractivity contribution in [2.75, 3.05) is 31.7 Å². The first kappa shape index (κ1) is 27.3. The number of nitrogens with one attached hydrogen (secondary N) is 1. The number of aliphatic hydroxyl groups excluding tert-OH is 1. The van der Waals surface area contributed by atoms with Gasteiger partial charge in [0, 0.05) is 6.42 Å². The molecule has 1 unspecified atom stereocenters. The molecule has 0 spiro atoms. The molecule has 2 heterocycles. The minimum Gasteiger partial charge on any atom is -0.445 e. The molecule has 1 saturated heterocycles. The zero-order chi connectivity index (χ0) is 25.1. The molecule has 2 N–H and O–H groups in total. The van der Waals surface area contributed by atoms with E-state index in [4.69, 9.17) is 23.6 Å². The van der Waals surface area contributed by atoms with E-state index in [2.05, 4.69) is 22.9 Å². The van der Waals surface area contributed by atoms with E-state index in [0.29, 0.717) is 0 Å². The summed E-state index contributed by atoms with van der Waals surface area (Å²) in [6, 6.07) is 1.82. The number of hydrogen-bond donors (Lipinski definition) is 2. The number of nitriles is 1. The average molecular weight is 502 g/mol. The molecule has 1 aliphatic heterocycles. The van der Waals surface area contributed by atoms with Gasteiger partial charge < -0.3 is 14.6 Å². The standard InChI is InChI=1S/C19H24FN4O9P/c1-3-7-29-19(27)23-17-13(20)11-24(18(26)22-17)16-10-14(15(12-25)32-16)33-34(28,30-8-4-2)31-9-5-6-21/h3-4,11,14-16,25H,1-2,5,7-10,12H2,(H,22,23,26,27)/t14-,15+,16+,34?/m0/s1. The molecule has 34 heavy (non-hydrogen) atoms. The Morgan fingerprint density at radius 3 is 2.82 bits per heavy atom. The van der Waals surface area contributed by atoms with Crippen molar-refractivity contribution in [3.05, 3.63) is 47.8 Å². The first-order valence-electron chi connectivity index (χ1n) is 9.92. The predicted molar refractivity (Wildman–Crippen MR) is 114 cm³/mol. The lowest BCUT2D eigenvalue weighted by Gasteiger charge is -2.22. The Labute approximate surface area is 194 Å². The summed E-state index contributed by atoms with van der Waals surface area (Å²) in [6.07, 6.45) is -1.27. The average Bonchev–Trinajstić information content (AvgIpc) is 3.20. The summed E-state index contributed by atoms with van der Waals surface area (Å²) >= 11 is 0. The van der Waals surface area contributed by atoms with Crippen molar-refractivity contribution in [2.45, 2.75) is 31.3 Å². The Hall–Kier alpha value is -2.92. The fraction of sp³-hybridized carbons (Fsp3) is 0.474. The fourth-order valence-electron chi connectivity index (χ4n) is 2.76. The van der Waals surface area contributed by atoms with Crippen LogP contribution in [-0.2, 0) is 27.6 Å². The van der Waals surface area contributed by atoms with Gasteiger partial charge in [0.05, 0.1) is 38.5 Å². The normalized spacial score (nSPS) is 21.3. The highest BCUT2D eigenvalue weighted by atomic mass is 31.2. The van der Waals surface area contributed by atoms with E-state index in [-0.39, 0.29) is 32.7 Å². The lowest BCUT2D eigenvalue weighted by Crippen LogP contribution is -2.30. The van der Waals surface area contributed by atoms with Gasteiger partial charge in [0.25, 0.3) is 0 Å². The molecule has 1 aliphatic rings. The second-order valence-corrected chi connectivity index (χ2v) is 8.23. The van der Waals surface area contributed by atoms with Crippen LogP contribution in [-0.4, -0.2) is 59.4 Å². The zero-order valence-electron chi connectivity index (χ0n) is 18.0. The number of hydrogen-bond acceptors (Lipinski definition) is 11. The number of carbonyl (C=O) groups is 1. The third-order valence-electron chi connectivity index (χ3n) is 4.21. The summed E-state index contributed by atoms with van der Waals surface area (Å²) < 4.78 is 54.0. The molecule has 1 amide bonds. The summed E-state index contributed by atoms with van der Waals surface area (Å²) in [5.41, 5.74) is -0.987. The summed E-state index contributed by atoms with van der Waals surface area (Å²) in [5.74, 6) is -1.73. The Morgan fingerprint density at radius 1 is 1.44 bits per heavy atom. The topological polar surface area (TPSA) is 171 Å².